The lowest BCUT2D eigenvalue weighted by Crippen LogP contribution is -2.00. The summed E-state index contributed by atoms with van der Waals surface area (Å²) in [5.74, 6) is 0.240. The van der Waals surface area contributed by atoms with Gasteiger partial charge in [0.15, 0.2) is 0 Å². The van der Waals surface area contributed by atoms with Crippen LogP contribution in [-0.4, -0.2) is 13.1 Å². The second-order valence-electron chi connectivity index (χ2n) is 2.97. The topological polar surface area (TPSA) is 59.3 Å². The minimum atomic E-state index is -0.476. The van der Waals surface area contributed by atoms with Crippen LogP contribution in [0, 0.1) is 10.7 Å². The first-order chi connectivity index (χ1) is 8.26. The molecule has 1 rings (SSSR count). The van der Waals surface area contributed by atoms with Crippen molar-refractivity contribution >= 4 is 17.7 Å². The van der Waals surface area contributed by atoms with Crippen LogP contribution in [0.2, 0.25) is 0 Å². The molecular weight excluding hydrogens is 238 g/mol. The molecular formula is C12H11NO3S. The first-order valence-electron chi connectivity index (χ1n) is 4.77. The molecule has 0 saturated heterocycles. The fourth-order valence-corrected chi connectivity index (χ4v) is 1.32. The molecule has 1 aromatic rings. The fourth-order valence-electron chi connectivity index (χ4n) is 1.08. The minimum Gasteiger partial charge on any atom is -0.497 e. The summed E-state index contributed by atoms with van der Waals surface area (Å²) in [7, 11) is 1.58. The van der Waals surface area contributed by atoms with Crippen LogP contribution in [0.3, 0.4) is 0 Å². The number of carbonyl (C=O) groups excluding carboxylic acids is 1. The molecule has 17 heavy (non-hydrogen) atoms. The fraction of sp³-hybridized carbons (Fsp3) is 0.167. The summed E-state index contributed by atoms with van der Waals surface area (Å²) in [4.78, 5) is 11.2. The van der Waals surface area contributed by atoms with Gasteiger partial charge in [0.25, 0.3) is 0 Å². The van der Waals surface area contributed by atoms with Crippen LogP contribution < -0.4 is 4.74 Å². The lowest BCUT2D eigenvalue weighted by atomic mass is 10.2. The van der Waals surface area contributed by atoms with E-state index in [1.54, 1.807) is 13.2 Å². The number of esters is 1. The van der Waals surface area contributed by atoms with E-state index >= 15 is 0 Å². The predicted octanol–water partition coefficient (Wildman–Crippen LogP) is 2.47. The van der Waals surface area contributed by atoms with Crippen molar-refractivity contribution in [1.82, 2.24) is 0 Å². The normalized spacial score (nSPS) is 9.88. The zero-order valence-electron chi connectivity index (χ0n) is 9.25. The monoisotopic (exact) mass is 249 g/mol. The van der Waals surface area contributed by atoms with Crippen LogP contribution in [0.15, 0.2) is 35.7 Å². The quantitative estimate of drug-likeness (QED) is 0.456. The van der Waals surface area contributed by atoms with E-state index in [0.717, 1.165) is 17.3 Å². The third kappa shape index (κ3) is 5.09. The molecule has 0 aromatic heterocycles. The van der Waals surface area contributed by atoms with E-state index in [1.165, 1.54) is 11.5 Å². The summed E-state index contributed by atoms with van der Waals surface area (Å²) < 4.78 is 10.0. The first-order valence-corrected chi connectivity index (χ1v) is 5.65. The molecule has 88 valence electrons. The van der Waals surface area contributed by atoms with Crippen LogP contribution >= 0.6 is 11.8 Å². The van der Waals surface area contributed by atoms with E-state index in [1.807, 2.05) is 23.6 Å². The van der Waals surface area contributed by atoms with Gasteiger partial charge < -0.3 is 9.47 Å². The number of thiocyanates is 1. The third-order valence-electron chi connectivity index (χ3n) is 1.84. The Labute approximate surface area is 104 Å². The molecule has 0 heterocycles. The lowest BCUT2D eigenvalue weighted by molar-refractivity contribution is -0.138. The average Bonchev–Trinajstić information content (AvgIpc) is 2.37. The average molecular weight is 249 g/mol. The Morgan fingerprint density at radius 1 is 1.59 bits per heavy atom. The van der Waals surface area contributed by atoms with E-state index in [4.69, 9.17) is 14.7 Å². The summed E-state index contributed by atoms with van der Waals surface area (Å²) in [5, 5.41) is 11.4. The second-order valence-corrected chi connectivity index (χ2v) is 3.66. The van der Waals surface area contributed by atoms with Crippen molar-refractivity contribution in [2.24, 2.45) is 0 Å². The molecule has 0 fully saturated rings. The molecule has 1 aromatic carbocycles. The van der Waals surface area contributed by atoms with Gasteiger partial charge in [0.05, 0.1) is 7.11 Å². The maximum Gasteiger partial charge on any atom is 0.331 e. The number of rotatable bonds is 5. The molecule has 0 N–H and O–H groups in total. The lowest BCUT2D eigenvalue weighted by Gasteiger charge is -2.04. The highest BCUT2D eigenvalue weighted by atomic mass is 32.2. The number of thioether (sulfide) groups is 1. The zero-order chi connectivity index (χ0) is 12.5. The van der Waals surface area contributed by atoms with E-state index in [2.05, 4.69) is 0 Å². The van der Waals surface area contributed by atoms with Crippen molar-refractivity contribution < 1.29 is 14.3 Å². The van der Waals surface area contributed by atoms with Gasteiger partial charge in [0.1, 0.15) is 17.8 Å². The van der Waals surface area contributed by atoms with Crippen molar-refractivity contribution in [3.8, 4) is 11.2 Å². The molecule has 0 radical (unpaired) electrons. The Kier molecular flexibility index (Phi) is 5.69. The van der Waals surface area contributed by atoms with Gasteiger partial charge in [-0.1, -0.05) is 12.1 Å². The van der Waals surface area contributed by atoms with Gasteiger partial charge in [-0.05, 0) is 34.9 Å². The molecule has 0 aliphatic carbocycles. The van der Waals surface area contributed by atoms with Gasteiger partial charge >= 0.3 is 5.97 Å². The van der Waals surface area contributed by atoms with E-state index < -0.39 is 5.97 Å². The highest BCUT2D eigenvalue weighted by Gasteiger charge is 2.00. The van der Waals surface area contributed by atoms with Gasteiger partial charge in [0, 0.05) is 6.08 Å². The van der Waals surface area contributed by atoms with Gasteiger partial charge in [-0.3, -0.25) is 0 Å². The number of nitriles is 1. The van der Waals surface area contributed by atoms with Crippen molar-refractivity contribution in [3.05, 3.63) is 41.3 Å². The van der Waals surface area contributed by atoms with Crippen molar-refractivity contribution in [1.29, 1.82) is 5.26 Å². The largest absolute Gasteiger partial charge is 0.497 e. The van der Waals surface area contributed by atoms with E-state index in [-0.39, 0.29) is 6.61 Å². The molecule has 4 nitrogen and oxygen atoms in total. The standard InChI is InChI=1S/C12H11NO3S/c1-15-11-4-2-3-10(7-11)8-16-12(14)5-6-17-9-13/h2-7H,8H2,1H3/b6-5-. The molecule has 0 saturated carbocycles. The Balaban J connectivity index is 2.44. The molecule has 0 unspecified atom stereocenters. The Morgan fingerprint density at radius 3 is 3.12 bits per heavy atom. The number of nitrogens with zero attached hydrogens (tertiary/aromatic N) is 1. The van der Waals surface area contributed by atoms with Gasteiger partial charge in [-0.25, -0.2) is 4.79 Å². The summed E-state index contributed by atoms with van der Waals surface area (Å²) in [6.07, 6.45) is 1.22. The van der Waals surface area contributed by atoms with Crippen LogP contribution in [0.4, 0.5) is 0 Å². The summed E-state index contributed by atoms with van der Waals surface area (Å²) in [5.41, 5.74) is 0.846. The minimum absolute atomic E-state index is 0.178. The Morgan fingerprint density at radius 2 is 2.41 bits per heavy atom. The number of benzene rings is 1. The van der Waals surface area contributed by atoms with E-state index in [0.29, 0.717) is 5.75 Å². The molecule has 5 heteroatoms. The maximum atomic E-state index is 11.2. The van der Waals surface area contributed by atoms with Gasteiger partial charge in [-0.2, -0.15) is 5.26 Å². The third-order valence-corrected chi connectivity index (χ3v) is 2.22. The van der Waals surface area contributed by atoms with Gasteiger partial charge in [0.2, 0.25) is 0 Å². The molecule has 0 bridgehead atoms. The molecule has 0 aliphatic heterocycles. The van der Waals surface area contributed by atoms with Gasteiger partial charge in [-0.15, -0.1) is 0 Å². The SMILES string of the molecule is COc1cccc(COC(=O)/C=C\SC#N)c1. The summed E-state index contributed by atoms with van der Waals surface area (Å²) in [6, 6.07) is 7.27. The van der Waals surface area contributed by atoms with Crippen molar-refractivity contribution in [2.75, 3.05) is 7.11 Å². The highest BCUT2D eigenvalue weighted by Crippen LogP contribution is 2.13. The van der Waals surface area contributed by atoms with Crippen LogP contribution in [0.25, 0.3) is 0 Å². The number of ether oxygens (including phenoxy) is 2. The highest BCUT2D eigenvalue weighted by molar-refractivity contribution is 8.06. The summed E-state index contributed by atoms with van der Waals surface area (Å²) in [6.45, 7) is 0.178. The van der Waals surface area contributed by atoms with Crippen molar-refractivity contribution in [2.45, 2.75) is 6.61 Å². The Bertz CT molecular complexity index is 451. The van der Waals surface area contributed by atoms with E-state index in [9.17, 15) is 4.79 Å². The molecule has 0 amide bonds. The number of carbonyl (C=O) groups is 1. The predicted molar refractivity (Wildman–Crippen MR) is 65.1 cm³/mol. The second kappa shape index (κ2) is 7.36. The smallest absolute Gasteiger partial charge is 0.331 e. The van der Waals surface area contributed by atoms with Crippen LogP contribution in [-0.2, 0) is 16.1 Å². The molecule has 0 atom stereocenters. The number of hydrogen-bond acceptors (Lipinski definition) is 5. The first kappa shape index (κ1) is 13.1. The molecule has 0 spiro atoms. The number of hydrogen-bond donors (Lipinski definition) is 0. The van der Waals surface area contributed by atoms with Crippen molar-refractivity contribution in [3.63, 3.8) is 0 Å². The number of methoxy groups -OCH3 is 1. The Hall–Kier alpha value is -1.93. The van der Waals surface area contributed by atoms with Crippen LogP contribution in [0.1, 0.15) is 5.56 Å². The maximum absolute atomic E-state index is 11.2. The zero-order valence-corrected chi connectivity index (χ0v) is 10.1. The summed E-state index contributed by atoms with van der Waals surface area (Å²) >= 11 is 0.868. The molecule has 0 aliphatic rings. The van der Waals surface area contributed by atoms with Crippen LogP contribution in [0.5, 0.6) is 5.75 Å².